The van der Waals surface area contributed by atoms with E-state index in [2.05, 4.69) is 25.6 Å². The van der Waals surface area contributed by atoms with Crippen molar-refractivity contribution in [3.63, 3.8) is 0 Å². The van der Waals surface area contributed by atoms with Crippen LogP contribution in [0.2, 0.25) is 0 Å². The molecular formula is C11H15BrN2O3S. The molecule has 2 unspecified atom stereocenters. The van der Waals surface area contributed by atoms with Gasteiger partial charge in [0.15, 0.2) is 0 Å². The zero-order valence-corrected chi connectivity index (χ0v) is 12.4. The fourth-order valence-corrected chi connectivity index (χ4v) is 3.71. The highest BCUT2D eigenvalue weighted by Crippen LogP contribution is 2.19. The van der Waals surface area contributed by atoms with Crippen molar-refractivity contribution in [1.82, 2.24) is 9.71 Å². The molecule has 1 saturated heterocycles. The fourth-order valence-electron chi connectivity index (χ4n) is 1.90. The fraction of sp³-hybridized carbons (Fsp3) is 0.545. The molecule has 1 aromatic heterocycles. The molecule has 0 aliphatic carbocycles. The minimum absolute atomic E-state index is 0.142. The molecule has 7 heteroatoms. The van der Waals surface area contributed by atoms with Gasteiger partial charge in [-0.2, -0.15) is 0 Å². The average molecular weight is 335 g/mol. The highest BCUT2D eigenvalue weighted by molar-refractivity contribution is 9.10. The Balaban J connectivity index is 2.11. The summed E-state index contributed by atoms with van der Waals surface area (Å²) in [5.41, 5.74) is 0. The average Bonchev–Trinajstić information content (AvgIpc) is 2.82. The molecule has 1 aromatic rings. The van der Waals surface area contributed by atoms with Gasteiger partial charge < -0.3 is 4.74 Å². The van der Waals surface area contributed by atoms with Crippen molar-refractivity contribution in [3.8, 4) is 0 Å². The Labute approximate surface area is 115 Å². The van der Waals surface area contributed by atoms with Crippen molar-refractivity contribution < 1.29 is 13.2 Å². The van der Waals surface area contributed by atoms with Crippen molar-refractivity contribution in [2.24, 2.45) is 5.92 Å². The van der Waals surface area contributed by atoms with E-state index in [-0.39, 0.29) is 16.9 Å². The van der Waals surface area contributed by atoms with Crippen LogP contribution in [-0.2, 0) is 14.8 Å². The number of sulfonamides is 1. The maximum Gasteiger partial charge on any atom is 0.242 e. The van der Waals surface area contributed by atoms with Gasteiger partial charge in [0, 0.05) is 35.4 Å². The Morgan fingerprint density at radius 3 is 2.94 bits per heavy atom. The molecule has 5 nitrogen and oxygen atoms in total. The van der Waals surface area contributed by atoms with Gasteiger partial charge in [0.05, 0.1) is 6.61 Å². The Morgan fingerprint density at radius 2 is 2.33 bits per heavy atom. The lowest BCUT2D eigenvalue weighted by molar-refractivity contribution is 0.180. The Bertz CT molecular complexity index is 515. The standard InChI is InChI=1S/C11H15BrN2O3S/c1-8(9-2-3-17-7-9)14-18(15,16)11-4-10(12)5-13-6-11/h4-6,8-9,14H,2-3,7H2,1H3. The number of hydrogen-bond donors (Lipinski definition) is 1. The van der Waals surface area contributed by atoms with Crippen molar-refractivity contribution in [2.75, 3.05) is 13.2 Å². The van der Waals surface area contributed by atoms with Crippen LogP contribution in [0, 0.1) is 5.92 Å². The van der Waals surface area contributed by atoms with Gasteiger partial charge >= 0.3 is 0 Å². The van der Waals surface area contributed by atoms with Gasteiger partial charge in [-0.15, -0.1) is 0 Å². The molecule has 0 bridgehead atoms. The van der Waals surface area contributed by atoms with Crippen LogP contribution < -0.4 is 4.72 Å². The van der Waals surface area contributed by atoms with Gasteiger partial charge in [0.25, 0.3) is 0 Å². The summed E-state index contributed by atoms with van der Waals surface area (Å²) in [4.78, 5) is 4.03. The van der Waals surface area contributed by atoms with Crippen molar-refractivity contribution in [3.05, 3.63) is 22.9 Å². The predicted molar refractivity (Wildman–Crippen MR) is 70.6 cm³/mol. The first-order valence-corrected chi connectivity index (χ1v) is 7.97. The van der Waals surface area contributed by atoms with Gasteiger partial charge in [0.1, 0.15) is 4.90 Å². The first kappa shape index (κ1) is 13.9. The summed E-state index contributed by atoms with van der Waals surface area (Å²) >= 11 is 3.21. The molecule has 0 aromatic carbocycles. The van der Waals surface area contributed by atoms with Crippen LogP contribution in [0.25, 0.3) is 0 Å². The van der Waals surface area contributed by atoms with E-state index >= 15 is 0 Å². The van der Waals surface area contributed by atoms with E-state index in [1.807, 2.05) is 6.92 Å². The first-order valence-electron chi connectivity index (χ1n) is 5.69. The van der Waals surface area contributed by atoms with E-state index in [0.29, 0.717) is 17.7 Å². The lowest BCUT2D eigenvalue weighted by atomic mass is 10.0. The van der Waals surface area contributed by atoms with Crippen LogP contribution >= 0.6 is 15.9 Å². The second kappa shape index (κ2) is 5.64. The molecule has 0 saturated carbocycles. The predicted octanol–water partition coefficient (Wildman–Crippen LogP) is 1.55. The molecule has 0 amide bonds. The first-order chi connectivity index (χ1) is 8.49. The van der Waals surface area contributed by atoms with Crippen LogP contribution in [0.4, 0.5) is 0 Å². The minimum atomic E-state index is -3.52. The molecule has 100 valence electrons. The summed E-state index contributed by atoms with van der Waals surface area (Å²) in [6.07, 6.45) is 3.78. The third-order valence-electron chi connectivity index (χ3n) is 3.00. The van der Waals surface area contributed by atoms with Crippen LogP contribution in [-0.4, -0.2) is 32.7 Å². The van der Waals surface area contributed by atoms with Gasteiger partial charge in [-0.05, 0) is 35.3 Å². The third-order valence-corrected chi connectivity index (χ3v) is 4.96. The molecule has 2 atom stereocenters. The maximum absolute atomic E-state index is 12.1. The summed E-state index contributed by atoms with van der Waals surface area (Å²) in [6.45, 7) is 3.18. The summed E-state index contributed by atoms with van der Waals surface area (Å²) in [7, 11) is -3.52. The molecule has 2 heterocycles. The van der Waals surface area contributed by atoms with E-state index in [1.54, 1.807) is 6.20 Å². The lowest BCUT2D eigenvalue weighted by Crippen LogP contribution is -2.38. The molecule has 1 N–H and O–H groups in total. The minimum Gasteiger partial charge on any atom is -0.381 e. The second-order valence-corrected chi connectivity index (χ2v) is 7.00. The van der Waals surface area contributed by atoms with Crippen LogP contribution in [0.1, 0.15) is 13.3 Å². The number of pyridine rings is 1. The van der Waals surface area contributed by atoms with E-state index in [0.717, 1.165) is 6.42 Å². The quantitative estimate of drug-likeness (QED) is 0.906. The van der Waals surface area contributed by atoms with Crippen molar-refractivity contribution in [2.45, 2.75) is 24.3 Å². The molecule has 1 aliphatic rings. The van der Waals surface area contributed by atoms with Gasteiger partial charge in [-0.3, -0.25) is 4.98 Å². The summed E-state index contributed by atoms with van der Waals surface area (Å²) in [5.74, 6) is 0.236. The number of aromatic nitrogens is 1. The molecule has 0 spiro atoms. The van der Waals surface area contributed by atoms with E-state index in [9.17, 15) is 8.42 Å². The topological polar surface area (TPSA) is 68.3 Å². The largest absolute Gasteiger partial charge is 0.381 e. The molecule has 2 rings (SSSR count). The Hall–Kier alpha value is -0.500. The molecule has 1 aliphatic heterocycles. The number of hydrogen-bond acceptors (Lipinski definition) is 4. The zero-order chi connectivity index (χ0) is 13.2. The van der Waals surface area contributed by atoms with Gasteiger partial charge in [0.2, 0.25) is 10.0 Å². The highest BCUT2D eigenvalue weighted by atomic mass is 79.9. The molecule has 18 heavy (non-hydrogen) atoms. The Morgan fingerprint density at radius 1 is 1.56 bits per heavy atom. The number of nitrogens with zero attached hydrogens (tertiary/aromatic N) is 1. The normalized spacial score (nSPS) is 22.0. The number of halogens is 1. The lowest BCUT2D eigenvalue weighted by Gasteiger charge is -2.19. The van der Waals surface area contributed by atoms with Gasteiger partial charge in [-0.1, -0.05) is 0 Å². The molecule has 0 radical (unpaired) electrons. The maximum atomic E-state index is 12.1. The van der Waals surface area contributed by atoms with Crippen LogP contribution in [0.15, 0.2) is 27.8 Å². The summed E-state index contributed by atoms with van der Waals surface area (Å²) in [5, 5.41) is 0. The molecular weight excluding hydrogens is 320 g/mol. The van der Waals surface area contributed by atoms with Crippen LogP contribution in [0.3, 0.4) is 0 Å². The highest BCUT2D eigenvalue weighted by Gasteiger charge is 2.26. The summed E-state index contributed by atoms with van der Waals surface area (Å²) in [6, 6.07) is 1.39. The molecule has 1 fully saturated rings. The summed E-state index contributed by atoms with van der Waals surface area (Å²) < 4.78 is 32.9. The van der Waals surface area contributed by atoms with Crippen molar-refractivity contribution in [1.29, 1.82) is 0 Å². The van der Waals surface area contributed by atoms with Gasteiger partial charge in [-0.25, -0.2) is 13.1 Å². The van der Waals surface area contributed by atoms with E-state index in [1.165, 1.54) is 12.3 Å². The Kier molecular flexibility index (Phi) is 4.37. The zero-order valence-electron chi connectivity index (χ0n) is 9.97. The second-order valence-electron chi connectivity index (χ2n) is 4.37. The van der Waals surface area contributed by atoms with Crippen LogP contribution in [0.5, 0.6) is 0 Å². The number of rotatable bonds is 4. The van der Waals surface area contributed by atoms with E-state index < -0.39 is 10.0 Å². The smallest absolute Gasteiger partial charge is 0.242 e. The van der Waals surface area contributed by atoms with Crippen molar-refractivity contribution >= 4 is 26.0 Å². The third kappa shape index (κ3) is 3.28. The number of nitrogens with one attached hydrogen (secondary N) is 1. The SMILES string of the molecule is CC(NS(=O)(=O)c1cncc(Br)c1)C1CCOC1. The number of ether oxygens (including phenoxy) is 1. The van der Waals surface area contributed by atoms with E-state index in [4.69, 9.17) is 4.74 Å². The monoisotopic (exact) mass is 334 g/mol.